The van der Waals surface area contributed by atoms with Crippen LogP contribution in [0, 0.1) is 5.41 Å². The van der Waals surface area contributed by atoms with E-state index in [-0.39, 0.29) is 6.04 Å². The van der Waals surface area contributed by atoms with Crippen molar-refractivity contribution in [3.05, 3.63) is 29.8 Å². The highest BCUT2D eigenvalue weighted by Gasteiger charge is 2.34. The minimum Gasteiger partial charge on any atom is -0.496 e. The van der Waals surface area contributed by atoms with Crippen molar-refractivity contribution in [3.63, 3.8) is 0 Å². The summed E-state index contributed by atoms with van der Waals surface area (Å²) in [6, 6.07) is 8.12. The summed E-state index contributed by atoms with van der Waals surface area (Å²) in [5, 5.41) is 12.8. The molecular formula is C17H27NO3. The van der Waals surface area contributed by atoms with Crippen molar-refractivity contribution >= 4 is 5.97 Å². The average Bonchev–Trinajstić information content (AvgIpc) is 2.49. The second-order valence-corrected chi connectivity index (χ2v) is 5.59. The molecular weight excluding hydrogens is 266 g/mol. The molecule has 0 spiro atoms. The lowest BCUT2D eigenvalue weighted by molar-refractivity contribution is -0.149. The van der Waals surface area contributed by atoms with Crippen molar-refractivity contribution < 1.29 is 14.6 Å². The first-order valence-corrected chi connectivity index (χ1v) is 7.57. The molecule has 21 heavy (non-hydrogen) atoms. The summed E-state index contributed by atoms with van der Waals surface area (Å²) in [4.78, 5) is 11.5. The second-order valence-electron chi connectivity index (χ2n) is 5.59. The molecule has 118 valence electrons. The molecule has 4 heteroatoms. The van der Waals surface area contributed by atoms with Crippen LogP contribution in [0.25, 0.3) is 0 Å². The maximum Gasteiger partial charge on any atom is 0.310 e. The van der Waals surface area contributed by atoms with Gasteiger partial charge < -0.3 is 15.2 Å². The van der Waals surface area contributed by atoms with Gasteiger partial charge in [0.25, 0.3) is 0 Å². The van der Waals surface area contributed by atoms with Gasteiger partial charge in [-0.05, 0) is 37.8 Å². The smallest absolute Gasteiger partial charge is 0.310 e. The van der Waals surface area contributed by atoms with Crippen molar-refractivity contribution in [3.8, 4) is 5.75 Å². The van der Waals surface area contributed by atoms with Crippen molar-refractivity contribution in [1.82, 2.24) is 5.32 Å². The van der Waals surface area contributed by atoms with Crippen LogP contribution in [0.1, 0.15) is 39.2 Å². The molecule has 2 N–H and O–H groups in total. The Morgan fingerprint density at radius 3 is 2.48 bits per heavy atom. The van der Waals surface area contributed by atoms with E-state index in [1.807, 2.05) is 38.1 Å². The zero-order valence-electron chi connectivity index (χ0n) is 13.5. The highest BCUT2D eigenvalue weighted by Crippen LogP contribution is 2.26. The van der Waals surface area contributed by atoms with Gasteiger partial charge in [0.05, 0.1) is 12.5 Å². The summed E-state index contributed by atoms with van der Waals surface area (Å²) in [6.45, 7) is 6.43. The molecule has 0 radical (unpaired) electrons. The Labute approximate surface area is 127 Å². The third kappa shape index (κ3) is 4.46. The Bertz CT molecular complexity index is 455. The minimum absolute atomic E-state index is 0.193. The second kappa shape index (κ2) is 8.03. The highest BCUT2D eigenvalue weighted by molar-refractivity contribution is 5.74. The first-order valence-electron chi connectivity index (χ1n) is 7.57. The van der Waals surface area contributed by atoms with Crippen molar-refractivity contribution in [1.29, 1.82) is 0 Å². The molecule has 1 aromatic rings. The Kier molecular flexibility index (Phi) is 6.69. The summed E-state index contributed by atoms with van der Waals surface area (Å²) in [6.07, 6.45) is 2.08. The summed E-state index contributed by atoms with van der Waals surface area (Å²) >= 11 is 0. The molecule has 0 heterocycles. The van der Waals surface area contributed by atoms with Crippen molar-refractivity contribution in [2.45, 2.75) is 46.1 Å². The van der Waals surface area contributed by atoms with E-state index in [0.29, 0.717) is 19.4 Å². The fourth-order valence-corrected chi connectivity index (χ4v) is 2.52. The lowest BCUT2D eigenvalue weighted by Gasteiger charge is -2.29. The van der Waals surface area contributed by atoms with Crippen LogP contribution in [0.3, 0.4) is 0 Å². The molecule has 0 fully saturated rings. The molecule has 0 saturated heterocycles. The summed E-state index contributed by atoms with van der Waals surface area (Å²) in [5.41, 5.74) is 0.462. The number of nitrogens with one attached hydrogen (secondary N) is 1. The molecule has 1 atom stereocenters. The summed E-state index contributed by atoms with van der Waals surface area (Å²) in [5.74, 6) is 0.158. The molecule has 1 rings (SSSR count). The lowest BCUT2D eigenvalue weighted by atomic mass is 9.82. The SMILES string of the molecule is CCC(CC)(CNC(C)Cc1ccccc1OC)C(=O)O. The maximum atomic E-state index is 11.5. The van der Waals surface area contributed by atoms with E-state index in [0.717, 1.165) is 17.7 Å². The first-order chi connectivity index (χ1) is 9.99. The van der Waals surface area contributed by atoms with E-state index >= 15 is 0 Å². The Morgan fingerprint density at radius 1 is 1.33 bits per heavy atom. The molecule has 0 aromatic heterocycles. The lowest BCUT2D eigenvalue weighted by Crippen LogP contribution is -2.43. The van der Waals surface area contributed by atoms with E-state index in [2.05, 4.69) is 12.2 Å². The van der Waals surface area contributed by atoms with Gasteiger partial charge in [-0.15, -0.1) is 0 Å². The number of carboxylic acid groups (broad SMARTS) is 1. The topological polar surface area (TPSA) is 58.6 Å². The molecule has 1 aromatic carbocycles. The number of carbonyl (C=O) groups is 1. The van der Waals surface area contributed by atoms with Gasteiger partial charge in [0.15, 0.2) is 0 Å². The van der Waals surface area contributed by atoms with Crippen LogP contribution in [-0.4, -0.2) is 30.8 Å². The van der Waals surface area contributed by atoms with Gasteiger partial charge in [0.1, 0.15) is 5.75 Å². The predicted molar refractivity (Wildman–Crippen MR) is 84.8 cm³/mol. The van der Waals surface area contributed by atoms with E-state index in [4.69, 9.17) is 4.74 Å². The van der Waals surface area contributed by atoms with Gasteiger partial charge in [0, 0.05) is 12.6 Å². The van der Waals surface area contributed by atoms with Gasteiger partial charge in [-0.1, -0.05) is 32.0 Å². The van der Waals surface area contributed by atoms with E-state index in [1.54, 1.807) is 7.11 Å². The zero-order valence-corrected chi connectivity index (χ0v) is 13.5. The quantitative estimate of drug-likeness (QED) is 0.734. The standard InChI is InChI=1S/C17H27NO3/c1-5-17(6-2,16(19)20)12-18-13(3)11-14-9-7-8-10-15(14)21-4/h7-10,13,18H,5-6,11-12H2,1-4H3,(H,19,20). The summed E-state index contributed by atoms with van der Waals surface area (Å²) < 4.78 is 5.35. The van der Waals surface area contributed by atoms with Crippen LogP contribution in [0.2, 0.25) is 0 Å². The Balaban J connectivity index is 2.65. The Morgan fingerprint density at radius 2 is 1.95 bits per heavy atom. The number of aliphatic carboxylic acids is 1. The van der Waals surface area contributed by atoms with Crippen LogP contribution >= 0.6 is 0 Å². The largest absolute Gasteiger partial charge is 0.496 e. The molecule has 1 unspecified atom stereocenters. The molecule has 0 aliphatic heterocycles. The van der Waals surface area contributed by atoms with Gasteiger partial charge in [-0.2, -0.15) is 0 Å². The molecule has 0 aliphatic carbocycles. The first kappa shape index (κ1) is 17.5. The van der Waals surface area contributed by atoms with Gasteiger partial charge >= 0.3 is 5.97 Å². The number of methoxy groups -OCH3 is 1. The average molecular weight is 293 g/mol. The number of hydrogen-bond acceptors (Lipinski definition) is 3. The van der Waals surface area contributed by atoms with E-state index < -0.39 is 11.4 Å². The third-order valence-corrected chi connectivity index (χ3v) is 4.31. The zero-order chi connectivity index (χ0) is 15.9. The minimum atomic E-state index is -0.718. The number of ether oxygens (including phenoxy) is 1. The summed E-state index contributed by atoms with van der Waals surface area (Å²) in [7, 11) is 1.67. The van der Waals surface area contributed by atoms with Gasteiger partial charge in [-0.25, -0.2) is 0 Å². The maximum absolute atomic E-state index is 11.5. The third-order valence-electron chi connectivity index (χ3n) is 4.31. The molecule has 0 bridgehead atoms. The van der Waals surface area contributed by atoms with Gasteiger partial charge in [0.2, 0.25) is 0 Å². The number of para-hydroxylation sites is 1. The highest BCUT2D eigenvalue weighted by atomic mass is 16.5. The number of carboxylic acids is 1. The fraction of sp³-hybridized carbons (Fsp3) is 0.588. The molecule has 0 amide bonds. The van der Waals surface area contributed by atoms with Crippen LogP contribution < -0.4 is 10.1 Å². The monoisotopic (exact) mass is 293 g/mol. The number of benzene rings is 1. The Hall–Kier alpha value is -1.55. The van der Waals surface area contributed by atoms with E-state index in [9.17, 15) is 9.90 Å². The number of rotatable bonds is 9. The number of hydrogen-bond donors (Lipinski definition) is 2. The van der Waals surface area contributed by atoms with Crippen LogP contribution in [-0.2, 0) is 11.2 Å². The van der Waals surface area contributed by atoms with Crippen LogP contribution in [0.15, 0.2) is 24.3 Å². The molecule has 0 aliphatic rings. The normalized spacial score (nSPS) is 13.0. The predicted octanol–water partition coefficient (Wildman–Crippen LogP) is 3.11. The van der Waals surface area contributed by atoms with Crippen LogP contribution in [0.4, 0.5) is 0 Å². The van der Waals surface area contributed by atoms with Crippen molar-refractivity contribution in [2.75, 3.05) is 13.7 Å². The van der Waals surface area contributed by atoms with E-state index in [1.165, 1.54) is 0 Å². The van der Waals surface area contributed by atoms with Crippen molar-refractivity contribution in [2.24, 2.45) is 5.41 Å². The molecule has 4 nitrogen and oxygen atoms in total. The molecule has 0 saturated carbocycles. The van der Waals surface area contributed by atoms with Gasteiger partial charge in [-0.3, -0.25) is 4.79 Å². The van der Waals surface area contributed by atoms with Crippen LogP contribution in [0.5, 0.6) is 5.75 Å². The fourth-order valence-electron chi connectivity index (χ4n) is 2.52.